The zero-order valence-electron chi connectivity index (χ0n) is 10.9. The van der Waals surface area contributed by atoms with Gasteiger partial charge in [-0.05, 0) is 26.0 Å². The first-order valence-corrected chi connectivity index (χ1v) is 6.81. The lowest BCUT2D eigenvalue weighted by molar-refractivity contribution is 0.0380. The van der Waals surface area contributed by atoms with Crippen molar-refractivity contribution >= 4 is 22.3 Å². The quantitative estimate of drug-likeness (QED) is 0.876. The number of nitrogen functional groups attached to an aromatic ring is 1. The van der Waals surface area contributed by atoms with Crippen LogP contribution in [-0.2, 0) is 4.74 Å². The number of carbonyl (C=O) groups excluding carboxylic acids is 1. The molecule has 0 spiro atoms. The average molecular weight is 297 g/mol. The Morgan fingerprint density at radius 1 is 1.30 bits per heavy atom. The Hall–Kier alpha value is -1.95. The molecule has 0 amide bonds. The maximum Gasteiger partial charge on any atom is 0.342 e. The van der Waals surface area contributed by atoms with Crippen LogP contribution in [0.15, 0.2) is 23.6 Å². The highest BCUT2D eigenvalue weighted by Gasteiger charge is 2.22. The van der Waals surface area contributed by atoms with Gasteiger partial charge in [0, 0.05) is 22.6 Å². The van der Waals surface area contributed by atoms with E-state index in [0.717, 1.165) is 23.5 Å². The first kappa shape index (κ1) is 14.5. The highest BCUT2D eigenvalue weighted by molar-refractivity contribution is 7.14. The van der Waals surface area contributed by atoms with Crippen LogP contribution in [0.4, 0.5) is 13.8 Å². The number of rotatable bonds is 3. The van der Waals surface area contributed by atoms with Gasteiger partial charge in [-0.2, -0.15) is 0 Å². The van der Waals surface area contributed by atoms with Crippen molar-refractivity contribution in [3.05, 3.63) is 40.8 Å². The third kappa shape index (κ3) is 2.80. The van der Waals surface area contributed by atoms with Gasteiger partial charge in [-0.25, -0.2) is 13.6 Å². The Bertz CT molecular complexity index is 653. The molecule has 0 aliphatic heterocycles. The highest BCUT2D eigenvalue weighted by Crippen LogP contribution is 2.35. The Labute approximate surface area is 119 Å². The van der Waals surface area contributed by atoms with Gasteiger partial charge in [-0.15, -0.1) is 11.3 Å². The predicted molar refractivity (Wildman–Crippen MR) is 74.6 cm³/mol. The van der Waals surface area contributed by atoms with Crippen LogP contribution >= 0.6 is 11.3 Å². The molecular formula is C14H13F2NO2S. The zero-order chi connectivity index (χ0) is 14.9. The van der Waals surface area contributed by atoms with Gasteiger partial charge in [0.05, 0.1) is 6.10 Å². The van der Waals surface area contributed by atoms with Crippen LogP contribution in [0.25, 0.3) is 11.1 Å². The molecule has 0 aliphatic carbocycles. The van der Waals surface area contributed by atoms with Gasteiger partial charge in [0.15, 0.2) is 0 Å². The summed E-state index contributed by atoms with van der Waals surface area (Å²) in [6, 6.07) is 3.17. The number of esters is 1. The van der Waals surface area contributed by atoms with Gasteiger partial charge < -0.3 is 10.5 Å². The van der Waals surface area contributed by atoms with Crippen molar-refractivity contribution in [2.24, 2.45) is 0 Å². The van der Waals surface area contributed by atoms with Gasteiger partial charge in [0.2, 0.25) is 0 Å². The molecule has 106 valence electrons. The standard InChI is InChI=1S/C14H13F2NO2S/c1-7(2)19-14(18)12-10(6-20-13(12)17)9-4-3-8(15)5-11(9)16/h3-7H,17H2,1-2H3. The average Bonchev–Trinajstić information content (AvgIpc) is 2.70. The maximum absolute atomic E-state index is 13.8. The molecule has 0 radical (unpaired) electrons. The van der Waals surface area contributed by atoms with E-state index in [9.17, 15) is 13.6 Å². The van der Waals surface area contributed by atoms with Crippen LogP contribution in [0.2, 0.25) is 0 Å². The first-order chi connectivity index (χ1) is 9.40. The van der Waals surface area contributed by atoms with Gasteiger partial charge in [0.1, 0.15) is 22.2 Å². The summed E-state index contributed by atoms with van der Waals surface area (Å²) in [5.41, 5.74) is 6.31. The van der Waals surface area contributed by atoms with Crippen molar-refractivity contribution in [3.8, 4) is 11.1 Å². The number of hydrogen-bond acceptors (Lipinski definition) is 4. The second-order valence-electron chi connectivity index (χ2n) is 4.47. The molecule has 0 saturated heterocycles. The molecule has 0 aliphatic rings. The normalized spacial score (nSPS) is 10.8. The molecule has 1 aromatic heterocycles. The van der Waals surface area contributed by atoms with Gasteiger partial charge in [-0.3, -0.25) is 0 Å². The second-order valence-corrected chi connectivity index (χ2v) is 5.38. The molecule has 2 aromatic rings. The highest BCUT2D eigenvalue weighted by atomic mass is 32.1. The topological polar surface area (TPSA) is 52.3 Å². The number of hydrogen-bond donors (Lipinski definition) is 1. The summed E-state index contributed by atoms with van der Waals surface area (Å²) in [7, 11) is 0. The SMILES string of the molecule is CC(C)OC(=O)c1c(-c2ccc(F)cc2F)csc1N. The molecule has 0 unspecified atom stereocenters. The molecular weight excluding hydrogens is 284 g/mol. The van der Waals surface area contributed by atoms with Crippen LogP contribution in [0.3, 0.4) is 0 Å². The Morgan fingerprint density at radius 3 is 2.60 bits per heavy atom. The molecule has 0 saturated carbocycles. The lowest BCUT2D eigenvalue weighted by Crippen LogP contribution is -2.13. The Kier molecular flexibility index (Phi) is 4.04. The van der Waals surface area contributed by atoms with E-state index in [1.807, 2.05) is 0 Å². The molecule has 0 fully saturated rings. The summed E-state index contributed by atoms with van der Waals surface area (Å²) in [6.45, 7) is 3.41. The van der Waals surface area contributed by atoms with Gasteiger partial charge >= 0.3 is 5.97 Å². The number of anilines is 1. The second kappa shape index (κ2) is 5.58. The monoisotopic (exact) mass is 297 g/mol. The number of benzene rings is 1. The summed E-state index contributed by atoms with van der Waals surface area (Å²) in [5.74, 6) is -2.04. The number of nitrogens with two attached hydrogens (primary N) is 1. The molecule has 6 heteroatoms. The van der Waals surface area contributed by atoms with E-state index in [4.69, 9.17) is 10.5 Å². The number of thiophene rings is 1. The predicted octanol–water partition coefficient (Wildman–Crippen LogP) is 3.84. The molecule has 3 nitrogen and oxygen atoms in total. The minimum atomic E-state index is -0.749. The van der Waals surface area contributed by atoms with Crippen molar-refractivity contribution < 1.29 is 18.3 Å². The Balaban J connectivity index is 2.50. The molecule has 2 N–H and O–H groups in total. The maximum atomic E-state index is 13.8. The van der Waals surface area contributed by atoms with Crippen molar-refractivity contribution in [2.75, 3.05) is 5.73 Å². The number of ether oxygens (including phenoxy) is 1. The van der Waals surface area contributed by atoms with E-state index in [1.165, 1.54) is 6.07 Å². The van der Waals surface area contributed by atoms with Crippen LogP contribution in [-0.4, -0.2) is 12.1 Å². The third-order valence-electron chi connectivity index (χ3n) is 2.59. The lowest BCUT2D eigenvalue weighted by Gasteiger charge is -2.10. The van der Waals surface area contributed by atoms with E-state index in [2.05, 4.69) is 0 Å². The number of halogens is 2. The van der Waals surface area contributed by atoms with Crippen molar-refractivity contribution in [1.29, 1.82) is 0 Å². The van der Waals surface area contributed by atoms with Gasteiger partial charge in [-0.1, -0.05) is 0 Å². The zero-order valence-corrected chi connectivity index (χ0v) is 11.8. The first-order valence-electron chi connectivity index (χ1n) is 5.93. The molecule has 0 bridgehead atoms. The smallest absolute Gasteiger partial charge is 0.342 e. The number of carbonyl (C=O) groups is 1. The van der Waals surface area contributed by atoms with Crippen molar-refractivity contribution in [1.82, 2.24) is 0 Å². The van der Waals surface area contributed by atoms with Crippen LogP contribution in [0.1, 0.15) is 24.2 Å². The molecule has 20 heavy (non-hydrogen) atoms. The van der Waals surface area contributed by atoms with E-state index < -0.39 is 17.6 Å². The van der Waals surface area contributed by atoms with Crippen LogP contribution in [0, 0.1) is 11.6 Å². The van der Waals surface area contributed by atoms with Crippen LogP contribution in [0.5, 0.6) is 0 Å². The molecule has 0 atom stereocenters. The van der Waals surface area contributed by atoms with Crippen molar-refractivity contribution in [2.45, 2.75) is 20.0 Å². The fourth-order valence-electron chi connectivity index (χ4n) is 1.76. The van der Waals surface area contributed by atoms with Crippen molar-refractivity contribution in [3.63, 3.8) is 0 Å². The molecule has 1 heterocycles. The summed E-state index contributed by atoms with van der Waals surface area (Å²) in [5, 5.41) is 1.80. The Morgan fingerprint density at radius 2 is 2.00 bits per heavy atom. The lowest BCUT2D eigenvalue weighted by atomic mass is 10.0. The van der Waals surface area contributed by atoms with Crippen LogP contribution < -0.4 is 5.73 Å². The summed E-state index contributed by atoms with van der Waals surface area (Å²) in [6.07, 6.45) is -0.312. The van der Waals surface area contributed by atoms with E-state index >= 15 is 0 Å². The van der Waals surface area contributed by atoms with E-state index in [-0.39, 0.29) is 22.2 Å². The third-order valence-corrected chi connectivity index (χ3v) is 3.40. The summed E-state index contributed by atoms with van der Waals surface area (Å²) in [4.78, 5) is 12.0. The fraction of sp³-hybridized carbons (Fsp3) is 0.214. The summed E-state index contributed by atoms with van der Waals surface area (Å²) < 4.78 is 31.9. The molecule has 1 aromatic carbocycles. The minimum absolute atomic E-state index is 0.120. The molecule has 2 rings (SSSR count). The van der Waals surface area contributed by atoms with E-state index in [1.54, 1.807) is 19.2 Å². The largest absolute Gasteiger partial charge is 0.459 e. The van der Waals surface area contributed by atoms with E-state index in [0.29, 0.717) is 5.56 Å². The summed E-state index contributed by atoms with van der Waals surface area (Å²) >= 11 is 1.11. The van der Waals surface area contributed by atoms with Gasteiger partial charge in [0.25, 0.3) is 0 Å². The fourth-order valence-corrected chi connectivity index (χ4v) is 2.56. The minimum Gasteiger partial charge on any atom is -0.459 e.